The van der Waals surface area contributed by atoms with Gasteiger partial charge in [0, 0.05) is 6.61 Å². The summed E-state index contributed by atoms with van der Waals surface area (Å²) in [4.78, 5) is 11.5. The van der Waals surface area contributed by atoms with Crippen LogP contribution in [0.2, 0.25) is 0 Å². The summed E-state index contributed by atoms with van der Waals surface area (Å²) in [6.07, 6.45) is 2.43. The highest BCUT2D eigenvalue weighted by molar-refractivity contribution is 5.73. The molecule has 0 heterocycles. The second-order valence-corrected chi connectivity index (χ2v) is 4.05. The zero-order chi connectivity index (χ0) is 14.8. The lowest BCUT2D eigenvalue weighted by Crippen LogP contribution is -2.08. The van der Waals surface area contributed by atoms with Crippen molar-refractivity contribution in [3.05, 3.63) is 35.6 Å². The first-order valence-corrected chi connectivity index (χ1v) is 6.35. The van der Waals surface area contributed by atoms with E-state index in [0.717, 1.165) is 6.42 Å². The summed E-state index contributed by atoms with van der Waals surface area (Å²) < 4.78 is 10.1. The van der Waals surface area contributed by atoms with Gasteiger partial charge in [-0.3, -0.25) is 4.79 Å². The van der Waals surface area contributed by atoms with Crippen LogP contribution < -0.4 is 0 Å². The maximum absolute atomic E-state index is 11.5. The van der Waals surface area contributed by atoms with Crippen molar-refractivity contribution in [2.24, 2.45) is 0 Å². The molecule has 1 rings (SSSR count). The molecule has 0 saturated carbocycles. The van der Waals surface area contributed by atoms with E-state index in [1.165, 1.54) is 18.2 Å². The van der Waals surface area contributed by atoms with E-state index in [1.807, 2.05) is 13.0 Å². The molecule has 20 heavy (non-hydrogen) atoms. The molecule has 106 valence electrons. The van der Waals surface area contributed by atoms with E-state index >= 15 is 0 Å². The van der Waals surface area contributed by atoms with Gasteiger partial charge in [-0.1, -0.05) is 19.1 Å². The third kappa shape index (κ3) is 6.03. The van der Waals surface area contributed by atoms with Crippen LogP contribution >= 0.6 is 0 Å². The number of phenols is 1. The first-order chi connectivity index (χ1) is 9.65. The fourth-order valence-electron chi connectivity index (χ4n) is 1.38. The molecule has 0 saturated heterocycles. The lowest BCUT2D eigenvalue weighted by Gasteiger charge is -2.03. The fourth-order valence-corrected chi connectivity index (χ4v) is 1.38. The summed E-state index contributed by atoms with van der Waals surface area (Å²) in [7, 11) is 0. The monoisotopic (exact) mass is 275 g/mol. The minimum Gasteiger partial charge on any atom is -0.508 e. The summed E-state index contributed by atoms with van der Waals surface area (Å²) >= 11 is 0. The van der Waals surface area contributed by atoms with Crippen molar-refractivity contribution >= 4 is 12.0 Å². The van der Waals surface area contributed by atoms with Gasteiger partial charge in [0.25, 0.3) is 0 Å². The number of ether oxygens (including phenoxy) is 2. The van der Waals surface area contributed by atoms with Gasteiger partial charge in [-0.25, -0.2) is 0 Å². The molecule has 0 radical (unpaired) electrons. The molecule has 0 bridgehead atoms. The van der Waals surface area contributed by atoms with Crippen molar-refractivity contribution < 1.29 is 19.4 Å². The Kier molecular flexibility index (Phi) is 6.87. The lowest BCUT2D eigenvalue weighted by atomic mass is 10.2. The summed E-state index contributed by atoms with van der Waals surface area (Å²) in [5, 5.41) is 18.1. The molecule has 1 aromatic carbocycles. The highest BCUT2D eigenvalue weighted by Crippen LogP contribution is 2.13. The van der Waals surface area contributed by atoms with E-state index in [-0.39, 0.29) is 24.5 Å². The third-order valence-corrected chi connectivity index (χ3v) is 2.32. The second-order valence-electron chi connectivity index (χ2n) is 4.05. The van der Waals surface area contributed by atoms with Crippen LogP contribution in [0, 0.1) is 11.3 Å². The molecule has 0 spiro atoms. The molecule has 5 heteroatoms. The van der Waals surface area contributed by atoms with Gasteiger partial charge >= 0.3 is 5.97 Å². The van der Waals surface area contributed by atoms with Crippen LogP contribution in [-0.2, 0) is 14.3 Å². The minimum absolute atomic E-state index is 0.0869. The van der Waals surface area contributed by atoms with Gasteiger partial charge in [-0.2, -0.15) is 5.26 Å². The van der Waals surface area contributed by atoms with E-state index in [2.05, 4.69) is 0 Å². The molecule has 5 nitrogen and oxygen atoms in total. The van der Waals surface area contributed by atoms with Crippen LogP contribution in [0.3, 0.4) is 0 Å². The van der Waals surface area contributed by atoms with Gasteiger partial charge in [0.15, 0.2) is 0 Å². The van der Waals surface area contributed by atoms with Crippen LogP contribution in [0.15, 0.2) is 30.0 Å². The zero-order valence-corrected chi connectivity index (χ0v) is 11.3. The van der Waals surface area contributed by atoms with Crippen LogP contribution in [-0.4, -0.2) is 24.3 Å². The van der Waals surface area contributed by atoms with Gasteiger partial charge in [0.1, 0.15) is 11.8 Å². The van der Waals surface area contributed by atoms with Crippen molar-refractivity contribution in [3.8, 4) is 11.8 Å². The normalized spacial score (nSPS) is 10.9. The standard InChI is InChI=1S/C15H17NO4/c1-2-8-19-9-7-15(18)20-14(11-16)10-12-3-5-13(17)6-4-12/h3-6,10,17H,2,7-9H2,1H3/b14-10-. The highest BCUT2D eigenvalue weighted by Gasteiger charge is 2.07. The number of nitrogens with zero attached hydrogens (tertiary/aromatic N) is 1. The van der Waals surface area contributed by atoms with Crippen molar-refractivity contribution in [1.29, 1.82) is 5.26 Å². The Hall–Kier alpha value is -2.32. The Balaban J connectivity index is 2.52. The van der Waals surface area contributed by atoms with Crippen LogP contribution in [0.4, 0.5) is 0 Å². The molecular weight excluding hydrogens is 258 g/mol. The first kappa shape index (κ1) is 15.7. The molecule has 0 aliphatic rings. The van der Waals surface area contributed by atoms with E-state index in [4.69, 9.17) is 19.8 Å². The summed E-state index contributed by atoms with van der Waals surface area (Å²) in [5.41, 5.74) is 0.661. The number of phenolic OH excluding ortho intramolecular Hbond substituents is 1. The third-order valence-electron chi connectivity index (χ3n) is 2.32. The lowest BCUT2D eigenvalue weighted by molar-refractivity contribution is -0.140. The van der Waals surface area contributed by atoms with E-state index in [0.29, 0.717) is 12.2 Å². The Morgan fingerprint density at radius 1 is 1.35 bits per heavy atom. The number of carbonyl (C=O) groups is 1. The Labute approximate surface area is 118 Å². The van der Waals surface area contributed by atoms with E-state index < -0.39 is 5.97 Å². The number of esters is 1. The van der Waals surface area contributed by atoms with Crippen molar-refractivity contribution in [2.75, 3.05) is 13.2 Å². The maximum Gasteiger partial charge on any atom is 0.314 e. The van der Waals surface area contributed by atoms with E-state index in [1.54, 1.807) is 12.1 Å². The second kappa shape index (κ2) is 8.73. The average molecular weight is 275 g/mol. The molecule has 0 amide bonds. The van der Waals surface area contributed by atoms with Crippen molar-refractivity contribution in [2.45, 2.75) is 19.8 Å². The predicted octanol–water partition coefficient (Wildman–Crippen LogP) is 2.62. The SMILES string of the molecule is CCCOCCC(=O)O/C(C#N)=C\c1ccc(O)cc1. The molecule has 0 aliphatic heterocycles. The molecule has 0 fully saturated rings. The number of hydrogen-bond donors (Lipinski definition) is 1. The van der Waals surface area contributed by atoms with E-state index in [9.17, 15) is 4.79 Å². The molecule has 0 atom stereocenters. The van der Waals surface area contributed by atoms with Gasteiger partial charge < -0.3 is 14.6 Å². The Morgan fingerprint density at radius 2 is 2.05 bits per heavy atom. The van der Waals surface area contributed by atoms with Gasteiger partial charge in [0.05, 0.1) is 13.0 Å². The number of hydrogen-bond acceptors (Lipinski definition) is 5. The zero-order valence-electron chi connectivity index (χ0n) is 11.3. The maximum atomic E-state index is 11.5. The van der Waals surface area contributed by atoms with Crippen molar-refractivity contribution in [1.82, 2.24) is 0 Å². The number of aromatic hydroxyl groups is 1. The summed E-state index contributed by atoms with van der Waals surface area (Å²) in [5.74, 6) is -0.463. The number of nitriles is 1. The molecule has 1 aromatic rings. The quantitative estimate of drug-likeness (QED) is 0.358. The molecule has 0 aliphatic carbocycles. The fraction of sp³-hybridized carbons (Fsp3) is 0.333. The molecule has 0 aromatic heterocycles. The van der Waals surface area contributed by atoms with Crippen molar-refractivity contribution in [3.63, 3.8) is 0 Å². The summed E-state index contributed by atoms with van der Waals surface area (Å²) in [6, 6.07) is 8.02. The van der Waals surface area contributed by atoms with Crippen LogP contribution in [0.1, 0.15) is 25.3 Å². The Morgan fingerprint density at radius 3 is 2.65 bits per heavy atom. The smallest absolute Gasteiger partial charge is 0.314 e. The number of carbonyl (C=O) groups excluding carboxylic acids is 1. The number of rotatable bonds is 7. The van der Waals surface area contributed by atoms with Crippen LogP contribution in [0.5, 0.6) is 5.75 Å². The summed E-state index contributed by atoms with van der Waals surface area (Å²) in [6.45, 7) is 2.86. The molecule has 1 N–H and O–H groups in total. The Bertz CT molecular complexity index is 500. The molecule has 0 unspecified atom stereocenters. The largest absolute Gasteiger partial charge is 0.508 e. The van der Waals surface area contributed by atoms with Gasteiger partial charge in [0.2, 0.25) is 5.76 Å². The minimum atomic E-state index is -0.507. The number of benzene rings is 1. The first-order valence-electron chi connectivity index (χ1n) is 6.35. The molecular formula is C15H17NO4. The number of allylic oxidation sites excluding steroid dienone is 1. The van der Waals surface area contributed by atoms with Gasteiger partial charge in [-0.05, 0) is 30.2 Å². The topological polar surface area (TPSA) is 79.5 Å². The predicted molar refractivity (Wildman–Crippen MR) is 73.5 cm³/mol. The highest BCUT2D eigenvalue weighted by atomic mass is 16.5. The van der Waals surface area contributed by atoms with Crippen LogP contribution in [0.25, 0.3) is 6.08 Å². The average Bonchev–Trinajstić information content (AvgIpc) is 2.45. The van der Waals surface area contributed by atoms with Gasteiger partial charge in [-0.15, -0.1) is 0 Å².